The lowest BCUT2D eigenvalue weighted by Gasteiger charge is -2.27. The zero-order valence-electron chi connectivity index (χ0n) is 11.3. The lowest BCUT2D eigenvalue weighted by Crippen LogP contribution is -2.39. The highest BCUT2D eigenvalue weighted by Crippen LogP contribution is 2.27. The summed E-state index contributed by atoms with van der Waals surface area (Å²) in [6.07, 6.45) is 7.19. The molecule has 108 valence electrons. The van der Waals surface area contributed by atoms with Gasteiger partial charge in [0.05, 0.1) is 6.33 Å². The highest BCUT2D eigenvalue weighted by atomic mass is 35.5. The molecule has 1 aromatic heterocycles. The van der Waals surface area contributed by atoms with Crippen LogP contribution in [0.4, 0.5) is 0 Å². The fourth-order valence-corrected chi connectivity index (χ4v) is 4.35. The highest BCUT2D eigenvalue weighted by Gasteiger charge is 2.28. The number of nitrogens with one attached hydrogen (secondary N) is 1. The van der Waals surface area contributed by atoms with Gasteiger partial charge in [-0.25, -0.2) is 18.1 Å². The third-order valence-corrected chi connectivity index (χ3v) is 5.83. The van der Waals surface area contributed by atoms with Crippen LogP contribution in [0.3, 0.4) is 0 Å². The molecule has 19 heavy (non-hydrogen) atoms. The molecule has 1 aliphatic rings. The maximum atomic E-state index is 12.2. The summed E-state index contributed by atoms with van der Waals surface area (Å²) in [5, 5.41) is 0.0580. The Labute approximate surface area is 119 Å². The maximum Gasteiger partial charge on any atom is 0.261 e. The van der Waals surface area contributed by atoms with Crippen LogP contribution in [-0.2, 0) is 17.1 Å². The monoisotopic (exact) mass is 305 g/mol. The van der Waals surface area contributed by atoms with Crippen LogP contribution in [0.2, 0.25) is 5.15 Å². The quantitative estimate of drug-likeness (QED) is 0.928. The molecule has 1 fully saturated rings. The van der Waals surface area contributed by atoms with E-state index in [4.69, 9.17) is 11.6 Å². The average molecular weight is 306 g/mol. The zero-order valence-corrected chi connectivity index (χ0v) is 12.8. The van der Waals surface area contributed by atoms with Crippen molar-refractivity contribution >= 4 is 21.6 Å². The molecule has 7 heteroatoms. The van der Waals surface area contributed by atoms with Crippen molar-refractivity contribution in [1.29, 1.82) is 0 Å². The molecular formula is C12H20ClN3O2S. The second kappa shape index (κ2) is 5.81. The van der Waals surface area contributed by atoms with Crippen LogP contribution >= 0.6 is 11.6 Å². The number of rotatable bonds is 4. The predicted octanol–water partition coefficient (Wildman–Crippen LogP) is 2.32. The number of hydrogen-bond acceptors (Lipinski definition) is 3. The molecule has 1 atom stereocenters. The first-order valence-electron chi connectivity index (χ1n) is 6.61. The van der Waals surface area contributed by atoms with E-state index in [0.717, 1.165) is 12.8 Å². The van der Waals surface area contributed by atoms with Gasteiger partial charge < -0.3 is 4.57 Å². The van der Waals surface area contributed by atoms with Crippen LogP contribution in [0.5, 0.6) is 0 Å². The summed E-state index contributed by atoms with van der Waals surface area (Å²) in [5.41, 5.74) is 0. The van der Waals surface area contributed by atoms with Crippen LogP contribution in [0, 0.1) is 5.92 Å². The molecule has 1 saturated carbocycles. The fourth-order valence-electron chi connectivity index (χ4n) is 2.61. The molecule has 1 heterocycles. The Morgan fingerprint density at radius 3 is 2.58 bits per heavy atom. The van der Waals surface area contributed by atoms with E-state index in [9.17, 15) is 8.42 Å². The van der Waals surface area contributed by atoms with E-state index in [-0.39, 0.29) is 16.2 Å². The first kappa shape index (κ1) is 14.8. The SMILES string of the molecule is CC(NS(=O)(=O)c1ncn(C)c1Cl)C1CCCCC1. The molecule has 1 aromatic rings. The van der Waals surface area contributed by atoms with Crippen molar-refractivity contribution in [3.05, 3.63) is 11.5 Å². The third kappa shape index (κ3) is 3.30. The molecule has 0 saturated heterocycles. The van der Waals surface area contributed by atoms with Crippen molar-refractivity contribution < 1.29 is 8.42 Å². The molecule has 0 radical (unpaired) electrons. The predicted molar refractivity (Wildman–Crippen MR) is 74.6 cm³/mol. The topological polar surface area (TPSA) is 64.0 Å². The van der Waals surface area contributed by atoms with Gasteiger partial charge in [-0.2, -0.15) is 0 Å². The summed E-state index contributed by atoms with van der Waals surface area (Å²) in [4.78, 5) is 3.87. The van der Waals surface area contributed by atoms with Crippen LogP contribution in [0.25, 0.3) is 0 Å². The third-order valence-electron chi connectivity index (χ3n) is 3.79. The number of aromatic nitrogens is 2. The van der Waals surface area contributed by atoms with Crippen LogP contribution < -0.4 is 4.72 Å². The van der Waals surface area contributed by atoms with Gasteiger partial charge in [0, 0.05) is 13.1 Å². The van der Waals surface area contributed by atoms with Crippen molar-refractivity contribution in [1.82, 2.24) is 14.3 Å². The van der Waals surface area contributed by atoms with Crippen molar-refractivity contribution in [2.75, 3.05) is 0 Å². The number of nitrogens with zero attached hydrogens (tertiary/aromatic N) is 2. The molecule has 2 rings (SSSR count). The van der Waals surface area contributed by atoms with E-state index in [1.165, 1.54) is 30.2 Å². The molecule has 1 aliphatic carbocycles. The standard InChI is InChI=1S/C12H20ClN3O2S/c1-9(10-6-4-3-5-7-10)15-19(17,18)12-11(13)16(2)8-14-12/h8-10,15H,3-7H2,1-2H3. The van der Waals surface area contributed by atoms with Gasteiger partial charge in [-0.15, -0.1) is 0 Å². The summed E-state index contributed by atoms with van der Waals surface area (Å²) in [6, 6.07) is -0.0802. The minimum Gasteiger partial charge on any atom is -0.324 e. The zero-order chi connectivity index (χ0) is 14.0. The Hall–Kier alpha value is -0.590. The molecule has 5 nitrogen and oxygen atoms in total. The lowest BCUT2D eigenvalue weighted by atomic mass is 9.85. The molecule has 1 N–H and O–H groups in total. The van der Waals surface area contributed by atoms with Crippen molar-refractivity contribution in [3.63, 3.8) is 0 Å². The number of hydrogen-bond donors (Lipinski definition) is 1. The van der Waals surface area contributed by atoms with Gasteiger partial charge in [-0.3, -0.25) is 0 Å². The summed E-state index contributed by atoms with van der Waals surface area (Å²) in [5.74, 6) is 0.408. The minimum atomic E-state index is -3.63. The molecule has 0 aliphatic heterocycles. The Balaban J connectivity index is 2.10. The van der Waals surface area contributed by atoms with Gasteiger partial charge in [0.1, 0.15) is 5.15 Å². The number of aryl methyl sites for hydroxylation is 1. The largest absolute Gasteiger partial charge is 0.324 e. The van der Waals surface area contributed by atoms with Crippen LogP contribution in [-0.4, -0.2) is 24.0 Å². The second-order valence-electron chi connectivity index (χ2n) is 5.26. The molecule has 0 amide bonds. The molecule has 0 bridgehead atoms. The van der Waals surface area contributed by atoms with Gasteiger partial charge in [0.2, 0.25) is 5.03 Å². The van der Waals surface area contributed by atoms with Gasteiger partial charge in [0.15, 0.2) is 0 Å². The first-order valence-corrected chi connectivity index (χ1v) is 8.47. The Bertz CT molecular complexity index is 535. The Morgan fingerprint density at radius 1 is 1.42 bits per heavy atom. The lowest BCUT2D eigenvalue weighted by molar-refractivity contribution is 0.303. The minimum absolute atomic E-state index is 0.0802. The second-order valence-corrected chi connectivity index (χ2v) is 7.25. The molecule has 1 unspecified atom stereocenters. The van der Waals surface area contributed by atoms with Crippen LogP contribution in [0.15, 0.2) is 11.4 Å². The summed E-state index contributed by atoms with van der Waals surface area (Å²) in [6.45, 7) is 1.92. The van der Waals surface area contributed by atoms with E-state index in [0.29, 0.717) is 5.92 Å². The van der Waals surface area contributed by atoms with E-state index < -0.39 is 10.0 Å². The Kier molecular flexibility index (Phi) is 4.53. The van der Waals surface area contributed by atoms with Gasteiger partial charge in [-0.05, 0) is 25.7 Å². The molecule has 0 aromatic carbocycles. The van der Waals surface area contributed by atoms with Crippen molar-refractivity contribution in [2.45, 2.75) is 50.1 Å². The fraction of sp³-hybridized carbons (Fsp3) is 0.750. The van der Waals surface area contributed by atoms with E-state index in [1.54, 1.807) is 7.05 Å². The first-order chi connectivity index (χ1) is 8.92. The molecule has 0 spiro atoms. The number of sulfonamides is 1. The normalized spacial score (nSPS) is 19.5. The number of imidazole rings is 1. The van der Waals surface area contributed by atoms with E-state index >= 15 is 0 Å². The number of halogens is 1. The average Bonchev–Trinajstić information content (AvgIpc) is 2.71. The maximum absolute atomic E-state index is 12.2. The summed E-state index contributed by atoms with van der Waals surface area (Å²) < 4.78 is 28.7. The Morgan fingerprint density at radius 2 is 2.05 bits per heavy atom. The van der Waals surface area contributed by atoms with Crippen molar-refractivity contribution in [3.8, 4) is 0 Å². The van der Waals surface area contributed by atoms with E-state index in [2.05, 4.69) is 9.71 Å². The summed E-state index contributed by atoms with van der Waals surface area (Å²) in [7, 11) is -1.97. The van der Waals surface area contributed by atoms with Gasteiger partial charge in [0.25, 0.3) is 10.0 Å². The summed E-state index contributed by atoms with van der Waals surface area (Å²) >= 11 is 5.94. The van der Waals surface area contributed by atoms with Crippen molar-refractivity contribution in [2.24, 2.45) is 13.0 Å². The smallest absolute Gasteiger partial charge is 0.261 e. The van der Waals surface area contributed by atoms with Crippen LogP contribution in [0.1, 0.15) is 39.0 Å². The van der Waals surface area contributed by atoms with Gasteiger partial charge >= 0.3 is 0 Å². The van der Waals surface area contributed by atoms with E-state index in [1.807, 2.05) is 6.92 Å². The highest BCUT2D eigenvalue weighted by molar-refractivity contribution is 7.89. The van der Waals surface area contributed by atoms with Gasteiger partial charge in [-0.1, -0.05) is 30.9 Å². The molecular weight excluding hydrogens is 286 g/mol.